The lowest BCUT2D eigenvalue weighted by molar-refractivity contribution is -0.203. The molecule has 1 amide bonds. The smallest absolute Gasteiger partial charge is 0.239 e. The second-order valence-electron chi connectivity index (χ2n) is 7.27. The Morgan fingerprint density at radius 1 is 1.39 bits per heavy atom. The Hall–Kier alpha value is -1.37. The van der Waals surface area contributed by atoms with E-state index in [-0.39, 0.29) is 17.6 Å². The van der Waals surface area contributed by atoms with E-state index >= 15 is 0 Å². The minimum atomic E-state index is -0.130. The molecule has 1 saturated carbocycles. The molecular weight excluding hydrogens is 294 g/mol. The Morgan fingerprint density at radius 2 is 2.22 bits per heavy atom. The number of hydrogen-bond donors (Lipinski definition) is 1. The summed E-state index contributed by atoms with van der Waals surface area (Å²) < 4.78 is 11.3. The number of hydrogen-bond acceptors (Lipinski definition) is 5. The van der Waals surface area contributed by atoms with E-state index < -0.39 is 0 Å². The van der Waals surface area contributed by atoms with Gasteiger partial charge in [0.1, 0.15) is 11.6 Å². The lowest BCUT2D eigenvalue weighted by atomic mass is 9.90. The van der Waals surface area contributed by atoms with E-state index in [1.54, 1.807) is 19.6 Å². The van der Waals surface area contributed by atoms with E-state index in [1.807, 2.05) is 6.07 Å². The largest absolute Gasteiger partial charge is 0.472 e. The van der Waals surface area contributed by atoms with E-state index in [4.69, 9.17) is 9.15 Å². The standard InChI is InChI=1S/C17H25N3O3/c1-18-16(21)15-9-23-17(12-20(15)7-13-2-3-13)10-19(11-17)6-14-4-5-22-8-14/h4-5,8,13,15H,2-3,6-7,9-12H2,1H3,(H,18,21)/t15-/m1/s1. The van der Waals surface area contributed by atoms with Crippen molar-refractivity contribution < 1.29 is 13.9 Å². The fourth-order valence-corrected chi connectivity index (χ4v) is 3.83. The number of furan rings is 1. The fourth-order valence-electron chi connectivity index (χ4n) is 3.83. The van der Waals surface area contributed by atoms with Gasteiger partial charge in [0.15, 0.2) is 0 Å². The van der Waals surface area contributed by atoms with Gasteiger partial charge in [0.2, 0.25) is 5.91 Å². The van der Waals surface area contributed by atoms with Crippen molar-refractivity contribution in [3.63, 3.8) is 0 Å². The Balaban J connectivity index is 1.36. The third kappa shape index (κ3) is 3.16. The minimum absolute atomic E-state index is 0.0788. The van der Waals surface area contributed by atoms with Crippen LogP contribution in [-0.4, -0.2) is 67.2 Å². The second-order valence-corrected chi connectivity index (χ2v) is 7.27. The lowest BCUT2D eigenvalue weighted by Gasteiger charge is -2.55. The van der Waals surface area contributed by atoms with Gasteiger partial charge in [-0.2, -0.15) is 0 Å². The number of nitrogens with zero attached hydrogens (tertiary/aromatic N) is 2. The van der Waals surface area contributed by atoms with Gasteiger partial charge in [-0.3, -0.25) is 14.6 Å². The van der Waals surface area contributed by atoms with Crippen LogP contribution < -0.4 is 5.32 Å². The molecule has 1 atom stereocenters. The number of morpholine rings is 1. The molecule has 1 aliphatic carbocycles. The van der Waals surface area contributed by atoms with Crippen molar-refractivity contribution in [3.8, 4) is 0 Å². The summed E-state index contributed by atoms with van der Waals surface area (Å²) in [5, 5.41) is 2.78. The molecule has 3 fully saturated rings. The predicted molar refractivity (Wildman–Crippen MR) is 84.8 cm³/mol. The molecule has 4 rings (SSSR count). The van der Waals surface area contributed by atoms with Crippen molar-refractivity contribution in [2.24, 2.45) is 5.92 Å². The zero-order valence-electron chi connectivity index (χ0n) is 13.7. The second kappa shape index (κ2) is 5.92. The van der Waals surface area contributed by atoms with Crippen molar-refractivity contribution in [3.05, 3.63) is 24.2 Å². The molecule has 1 aromatic rings. The number of likely N-dealkylation sites (tertiary alicyclic amines) is 1. The van der Waals surface area contributed by atoms with Gasteiger partial charge in [0.05, 0.1) is 19.1 Å². The summed E-state index contributed by atoms with van der Waals surface area (Å²) in [6, 6.07) is 1.88. The Labute approximate surface area is 136 Å². The minimum Gasteiger partial charge on any atom is -0.472 e. The van der Waals surface area contributed by atoms with Crippen LogP contribution in [0.5, 0.6) is 0 Å². The molecular formula is C17H25N3O3. The van der Waals surface area contributed by atoms with Crippen molar-refractivity contribution >= 4 is 5.91 Å². The maximum absolute atomic E-state index is 12.1. The first-order valence-corrected chi connectivity index (χ1v) is 8.50. The van der Waals surface area contributed by atoms with Gasteiger partial charge < -0.3 is 14.5 Å². The van der Waals surface area contributed by atoms with Crippen LogP contribution in [0, 0.1) is 5.92 Å². The third-order valence-corrected chi connectivity index (χ3v) is 5.23. The van der Waals surface area contributed by atoms with E-state index in [9.17, 15) is 4.79 Å². The van der Waals surface area contributed by atoms with Crippen LogP contribution >= 0.6 is 0 Å². The molecule has 0 bridgehead atoms. The van der Waals surface area contributed by atoms with Gasteiger partial charge in [-0.15, -0.1) is 0 Å². The molecule has 3 heterocycles. The molecule has 1 N–H and O–H groups in total. The van der Waals surface area contributed by atoms with Crippen LogP contribution in [0.4, 0.5) is 0 Å². The van der Waals surface area contributed by atoms with Crippen molar-refractivity contribution in [1.82, 2.24) is 15.1 Å². The van der Waals surface area contributed by atoms with E-state index in [0.717, 1.165) is 38.6 Å². The third-order valence-electron chi connectivity index (χ3n) is 5.23. The van der Waals surface area contributed by atoms with E-state index in [0.29, 0.717) is 6.61 Å². The van der Waals surface area contributed by atoms with E-state index in [1.165, 1.54) is 18.4 Å². The molecule has 23 heavy (non-hydrogen) atoms. The summed E-state index contributed by atoms with van der Waals surface area (Å²) in [6.07, 6.45) is 6.12. The maximum atomic E-state index is 12.1. The van der Waals surface area contributed by atoms with Crippen LogP contribution in [0.2, 0.25) is 0 Å². The summed E-state index contributed by atoms with van der Waals surface area (Å²) in [6.45, 7) is 5.17. The fraction of sp³-hybridized carbons (Fsp3) is 0.706. The highest BCUT2D eigenvalue weighted by atomic mass is 16.5. The van der Waals surface area contributed by atoms with Crippen LogP contribution in [0.3, 0.4) is 0 Å². The quantitative estimate of drug-likeness (QED) is 0.865. The number of rotatable bonds is 5. The van der Waals surface area contributed by atoms with Crippen molar-refractivity contribution in [2.75, 3.05) is 39.8 Å². The van der Waals surface area contributed by atoms with Gasteiger partial charge in [0, 0.05) is 45.3 Å². The molecule has 0 aromatic carbocycles. The molecule has 0 unspecified atom stereocenters. The first-order chi connectivity index (χ1) is 11.2. The number of nitrogens with one attached hydrogen (secondary N) is 1. The molecule has 2 saturated heterocycles. The summed E-state index contributed by atoms with van der Waals surface area (Å²) in [4.78, 5) is 16.9. The molecule has 6 heteroatoms. The number of likely N-dealkylation sites (N-methyl/N-ethyl adjacent to an activating group) is 1. The predicted octanol–water partition coefficient (Wildman–Crippen LogP) is 0.691. The first kappa shape index (κ1) is 15.2. The van der Waals surface area contributed by atoms with Crippen LogP contribution in [0.15, 0.2) is 23.0 Å². The van der Waals surface area contributed by atoms with Gasteiger partial charge in [-0.1, -0.05) is 0 Å². The van der Waals surface area contributed by atoms with Gasteiger partial charge >= 0.3 is 0 Å². The van der Waals surface area contributed by atoms with Crippen LogP contribution in [0.25, 0.3) is 0 Å². The van der Waals surface area contributed by atoms with Crippen molar-refractivity contribution in [2.45, 2.75) is 31.0 Å². The maximum Gasteiger partial charge on any atom is 0.239 e. The van der Waals surface area contributed by atoms with E-state index in [2.05, 4.69) is 15.1 Å². The molecule has 0 radical (unpaired) electrons. The summed E-state index contributed by atoms with van der Waals surface area (Å²) in [7, 11) is 1.71. The SMILES string of the molecule is CNC(=O)[C@H]1COC2(CN(Cc3ccoc3)C2)CN1CC1CC1. The van der Waals surface area contributed by atoms with Crippen LogP contribution in [-0.2, 0) is 16.1 Å². The molecule has 6 nitrogen and oxygen atoms in total. The zero-order valence-corrected chi connectivity index (χ0v) is 13.7. The monoisotopic (exact) mass is 319 g/mol. The summed E-state index contributed by atoms with van der Waals surface area (Å²) >= 11 is 0. The summed E-state index contributed by atoms with van der Waals surface area (Å²) in [5.41, 5.74) is 1.11. The highest BCUT2D eigenvalue weighted by Crippen LogP contribution is 2.36. The molecule has 126 valence electrons. The number of ether oxygens (including phenoxy) is 1. The number of carbonyl (C=O) groups excluding carboxylic acids is 1. The molecule has 1 aromatic heterocycles. The summed E-state index contributed by atoms with van der Waals surface area (Å²) in [5.74, 6) is 0.856. The molecule has 1 spiro atoms. The topological polar surface area (TPSA) is 58.0 Å². The highest BCUT2D eigenvalue weighted by molar-refractivity contribution is 5.81. The molecule has 3 aliphatic rings. The van der Waals surface area contributed by atoms with Gasteiger partial charge in [-0.05, 0) is 24.8 Å². The lowest BCUT2D eigenvalue weighted by Crippen LogP contribution is -2.72. The Kier molecular flexibility index (Phi) is 3.91. The number of carbonyl (C=O) groups is 1. The molecule has 2 aliphatic heterocycles. The Morgan fingerprint density at radius 3 is 2.87 bits per heavy atom. The highest BCUT2D eigenvalue weighted by Gasteiger charge is 2.50. The normalized spacial score (nSPS) is 27.8. The average molecular weight is 319 g/mol. The van der Waals surface area contributed by atoms with Gasteiger partial charge in [0.25, 0.3) is 0 Å². The van der Waals surface area contributed by atoms with Crippen LogP contribution in [0.1, 0.15) is 18.4 Å². The Bertz CT molecular complexity index is 549. The first-order valence-electron chi connectivity index (χ1n) is 8.50. The number of amides is 1. The van der Waals surface area contributed by atoms with Gasteiger partial charge in [-0.25, -0.2) is 0 Å². The zero-order chi connectivity index (χ0) is 15.9. The average Bonchev–Trinajstić information content (AvgIpc) is 3.18. The van der Waals surface area contributed by atoms with Crippen molar-refractivity contribution in [1.29, 1.82) is 0 Å².